The Morgan fingerprint density at radius 1 is 0.618 bits per heavy atom. The lowest BCUT2D eigenvalue weighted by Gasteiger charge is -2.33. The summed E-state index contributed by atoms with van der Waals surface area (Å²) in [5.41, 5.74) is 9.48. The molecule has 1 aliphatic rings. The van der Waals surface area contributed by atoms with Crippen LogP contribution in [0.15, 0.2) is 91.0 Å². The Bertz CT molecular complexity index is 1300. The molecule has 0 saturated carbocycles. The third kappa shape index (κ3) is 3.58. The number of hydrogen-bond acceptors (Lipinski definition) is 2. The lowest BCUT2D eigenvalue weighted by Crippen LogP contribution is -2.41. The van der Waals surface area contributed by atoms with Gasteiger partial charge in [0.25, 0.3) is 0 Å². The molecule has 4 aromatic rings. The van der Waals surface area contributed by atoms with Crippen molar-refractivity contribution in [3.05, 3.63) is 108 Å². The molecule has 0 unspecified atom stereocenters. The van der Waals surface area contributed by atoms with Gasteiger partial charge in [0.2, 0.25) is 0 Å². The Morgan fingerprint density at radius 3 is 1.71 bits per heavy atom. The van der Waals surface area contributed by atoms with E-state index in [0.29, 0.717) is 0 Å². The molecule has 0 bridgehead atoms. The lowest BCUT2D eigenvalue weighted by atomic mass is 9.73. The SMILES string of the molecule is Cc1ccccc1N(c1ccc(-c2ccc3c(c2)C(C)(C)C(C)(C)O3)cc1)c1ccccc1C. The molecule has 2 nitrogen and oxygen atoms in total. The van der Waals surface area contributed by atoms with Gasteiger partial charge in [-0.05, 0) is 86.3 Å². The third-order valence-corrected chi connectivity index (χ3v) is 7.69. The van der Waals surface area contributed by atoms with E-state index < -0.39 is 0 Å². The molecule has 4 aromatic carbocycles. The molecule has 34 heavy (non-hydrogen) atoms. The van der Waals surface area contributed by atoms with Crippen molar-refractivity contribution in [1.82, 2.24) is 0 Å². The summed E-state index contributed by atoms with van der Waals surface area (Å²) in [6, 6.07) is 32.7. The molecule has 172 valence electrons. The van der Waals surface area contributed by atoms with Crippen LogP contribution in [0.4, 0.5) is 17.1 Å². The van der Waals surface area contributed by atoms with Crippen LogP contribution in [0.2, 0.25) is 0 Å². The van der Waals surface area contributed by atoms with E-state index >= 15 is 0 Å². The van der Waals surface area contributed by atoms with Crippen LogP contribution in [0.25, 0.3) is 11.1 Å². The first-order chi connectivity index (χ1) is 16.2. The Morgan fingerprint density at radius 2 is 1.15 bits per heavy atom. The second kappa shape index (κ2) is 8.06. The molecule has 0 atom stereocenters. The molecule has 0 fully saturated rings. The topological polar surface area (TPSA) is 12.5 Å². The fourth-order valence-corrected chi connectivity index (χ4v) is 4.85. The van der Waals surface area contributed by atoms with Crippen LogP contribution in [-0.2, 0) is 5.41 Å². The molecular formula is C32H33NO. The third-order valence-electron chi connectivity index (χ3n) is 7.69. The van der Waals surface area contributed by atoms with Crippen LogP contribution >= 0.6 is 0 Å². The first-order valence-electron chi connectivity index (χ1n) is 12.0. The minimum Gasteiger partial charge on any atom is -0.487 e. The number of aryl methyl sites for hydroxylation is 2. The van der Waals surface area contributed by atoms with Crippen LogP contribution in [-0.4, -0.2) is 5.60 Å². The molecule has 0 N–H and O–H groups in total. The van der Waals surface area contributed by atoms with Gasteiger partial charge < -0.3 is 9.64 Å². The smallest absolute Gasteiger partial charge is 0.124 e. The number of anilines is 3. The molecule has 0 saturated heterocycles. The molecular weight excluding hydrogens is 414 g/mol. The number of fused-ring (bicyclic) bond motifs is 1. The average Bonchev–Trinajstić information content (AvgIpc) is 3.00. The predicted molar refractivity (Wildman–Crippen MR) is 144 cm³/mol. The van der Waals surface area contributed by atoms with Gasteiger partial charge >= 0.3 is 0 Å². The highest BCUT2D eigenvalue weighted by Crippen LogP contribution is 2.50. The standard InChI is InChI=1S/C32H33NO/c1-22-11-7-9-13-28(22)33(29-14-10-8-12-23(29)2)26-18-15-24(16-19-26)25-17-20-30-27(21-25)31(3,4)32(5,6)34-30/h7-21H,1-6H3. The van der Waals surface area contributed by atoms with Crippen LogP contribution < -0.4 is 9.64 Å². The van der Waals surface area contributed by atoms with Gasteiger partial charge in [0, 0.05) is 28.0 Å². The van der Waals surface area contributed by atoms with E-state index in [2.05, 4.69) is 137 Å². The van der Waals surface area contributed by atoms with Crippen molar-refractivity contribution in [3.8, 4) is 16.9 Å². The van der Waals surface area contributed by atoms with Gasteiger partial charge in [-0.25, -0.2) is 0 Å². The zero-order valence-corrected chi connectivity index (χ0v) is 21.0. The van der Waals surface area contributed by atoms with Crippen LogP contribution in [0, 0.1) is 13.8 Å². The summed E-state index contributed by atoms with van der Waals surface area (Å²) in [5, 5.41) is 0. The Balaban J connectivity index is 1.56. The van der Waals surface area contributed by atoms with Crippen molar-refractivity contribution in [2.24, 2.45) is 0 Å². The van der Waals surface area contributed by atoms with Gasteiger partial charge in [0.05, 0.1) is 0 Å². The minimum atomic E-state index is -0.223. The van der Waals surface area contributed by atoms with Crippen molar-refractivity contribution in [2.45, 2.75) is 52.6 Å². The quantitative estimate of drug-likeness (QED) is 0.310. The summed E-state index contributed by atoms with van der Waals surface area (Å²) in [7, 11) is 0. The van der Waals surface area contributed by atoms with Gasteiger partial charge in [-0.3, -0.25) is 0 Å². The summed E-state index contributed by atoms with van der Waals surface area (Å²) in [6.07, 6.45) is 0. The highest BCUT2D eigenvalue weighted by atomic mass is 16.5. The maximum atomic E-state index is 6.26. The van der Waals surface area contributed by atoms with E-state index in [1.807, 2.05) is 0 Å². The van der Waals surface area contributed by atoms with E-state index in [-0.39, 0.29) is 11.0 Å². The van der Waals surface area contributed by atoms with Crippen LogP contribution in [0.3, 0.4) is 0 Å². The lowest BCUT2D eigenvalue weighted by molar-refractivity contribution is 0.0712. The minimum absolute atomic E-state index is 0.0508. The molecule has 2 heteroatoms. The highest BCUT2D eigenvalue weighted by Gasteiger charge is 2.47. The number of hydrogen-bond donors (Lipinski definition) is 0. The van der Waals surface area contributed by atoms with Gasteiger partial charge in [0.1, 0.15) is 11.4 Å². The first-order valence-corrected chi connectivity index (χ1v) is 12.0. The molecule has 0 amide bonds. The van der Waals surface area contributed by atoms with Crippen molar-refractivity contribution in [1.29, 1.82) is 0 Å². The van der Waals surface area contributed by atoms with Gasteiger partial charge in [-0.15, -0.1) is 0 Å². The molecule has 1 heterocycles. The molecule has 1 aliphatic heterocycles. The predicted octanol–water partition coefficient (Wildman–Crippen LogP) is 8.89. The fraction of sp³-hybridized carbons (Fsp3) is 0.250. The number of benzene rings is 4. The molecule has 0 radical (unpaired) electrons. The first kappa shape index (κ1) is 22.3. The van der Waals surface area contributed by atoms with E-state index in [4.69, 9.17) is 4.74 Å². The second-order valence-corrected chi connectivity index (χ2v) is 10.4. The summed E-state index contributed by atoms with van der Waals surface area (Å²) >= 11 is 0. The molecule has 5 rings (SSSR count). The molecule has 0 aliphatic carbocycles. The maximum absolute atomic E-state index is 6.26. The van der Waals surface area contributed by atoms with E-state index in [1.54, 1.807) is 0 Å². The van der Waals surface area contributed by atoms with Gasteiger partial charge in [0.15, 0.2) is 0 Å². The second-order valence-electron chi connectivity index (χ2n) is 10.4. The van der Waals surface area contributed by atoms with E-state index in [0.717, 1.165) is 11.4 Å². The summed E-state index contributed by atoms with van der Waals surface area (Å²) < 4.78 is 6.26. The maximum Gasteiger partial charge on any atom is 0.124 e. The van der Waals surface area contributed by atoms with E-state index in [9.17, 15) is 0 Å². The van der Waals surface area contributed by atoms with Crippen molar-refractivity contribution < 1.29 is 4.74 Å². The molecule has 0 aromatic heterocycles. The summed E-state index contributed by atoms with van der Waals surface area (Å²) in [6.45, 7) is 13.2. The number of nitrogens with zero attached hydrogens (tertiary/aromatic N) is 1. The summed E-state index contributed by atoms with van der Waals surface area (Å²) in [4.78, 5) is 2.36. The monoisotopic (exact) mass is 447 g/mol. The highest BCUT2D eigenvalue weighted by molar-refractivity contribution is 5.81. The van der Waals surface area contributed by atoms with Gasteiger partial charge in [-0.1, -0.05) is 68.4 Å². The van der Waals surface area contributed by atoms with Crippen LogP contribution in [0.1, 0.15) is 44.4 Å². The summed E-state index contributed by atoms with van der Waals surface area (Å²) in [5.74, 6) is 1.00. The van der Waals surface area contributed by atoms with Crippen molar-refractivity contribution in [2.75, 3.05) is 4.90 Å². The normalized spacial score (nSPS) is 15.5. The Hall–Kier alpha value is -3.52. The zero-order chi connectivity index (χ0) is 24.1. The largest absolute Gasteiger partial charge is 0.487 e. The van der Waals surface area contributed by atoms with Crippen molar-refractivity contribution >= 4 is 17.1 Å². The Kier molecular flexibility index (Phi) is 5.28. The molecule has 0 spiro atoms. The number of rotatable bonds is 4. The fourth-order valence-electron chi connectivity index (χ4n) is 4.85. The number of para-hydroxylation sites is 2. The van der Waals surface area contributed by atoms with Crippen molar-refractivity contribution in [3.63, 3.8) is 0 Å². The zero-order valence-electron chi connectivity index (χ0n) is 21.0. The average molecular weight is 448 g/mol. The van der Waals surface area contributed by atoms with E-state index in [1.165, 1.54) is 39.2 Å². The van der Waals surface area contributed by atoms with Crippen LogP contribution in [0.5, 0.6) is 5.75 Å². The Labute approximate surface area is 203 Å². The van der Waals surface area contributed by atoms with Gasteiger partial charge in [-0.2, -0.15) is 0 Å². The number of ether oxygens (including phenoxy) is 1.